The number of likely N-dealkylation sites (N-methyl/N-ethyl adjacent to an activating group) is 1. The number of aromatic nitrogens is 4. The first-order chi connectivity index (χ1) is 18.1. The van der Waals surface area contributed by atoms with Crippen LogP contribution in [0.3, 0.4) is 0 Å². The zero-order valence-corrected chi connectivity index (χ0v) is 22.1. The maximum absolute atomic E-state index is 15.9. The molecule has 0 bridgehead atoms. The fourth-order valence-corrected chi connectivity index (χ4v) is 4.62. The molecule has 2 aromatic carbocycles. The van der Waals surface area contributed by atoms with Gasteiger partial charge >= 0.3 is 0 Å². The number of hydrogen-bond donors (Lipinski definition) is 1. The summed E-state index contributed by atoms with van der Waals surface area (Å²) < 4.78 is 41.0. The summed E-state index contributed by atoms with van der Waals surface area (Å²) in [5, 5.41) is 4.54. The third-order valence-electron chi connectivity index (χ3n) is 6.09. The van der Waals surface area contributed by atoms with Crippen molar-refractivity contribution in [3.8, 4) is 22.5 Å². The van der Waals surface area contributed by atoms with E-state index in [4.69, 9.17) is 5.73 Å². The van der Waals surface area contributed by atoms with Gasteiger partial charge in [0.15, 0.2) is 15.7 Å². The Kier molecular flexibility index (Phi) is 7.72. The van der Waals surface area contributed by atoms with E-state index in [9.17, 15) is 13.2 Å². The minimum absolute atomic E-state index is 0.0796. The number of rotatable bonds is 10. The van der Waals surface area contributed by atoms with E-state index in [1.54, 1.807) is 47.3 Å². The van der Waals surface area contributed by atoms with Crippen molar-refractivity contribution < 1.29 is 17.6 Å². The molecular formula is C26H28FN7O3S. The molecule has 0 saturated carbocycles. The molecule has 4 aromatic rings. The van der Waals surface area contributed by atoms with Gasteiger partial charge in [-0.25, -0.2) is 22.8 Å². The molecule has 0 fully saturated rings. The number of carbonyl (C=O) groups excluding carboxylic acids is 1. The highest BCUT2D eigenvalue weighted by molar-refractivity contribution is 7.90. The van der Waals surface area contributed by atoms with Crippen LogP contribution in [0.2, 0.25) is 0 Å². The quantitative estimate of drug-likeness (QED) is 0.306. The first-order valence-electron chi connectivity index (χ1n) is 11.8. The number of nitrogens with two attached hydrogens (primary N) is 1. The van der Waals surface area contributed by atoms with Gasteiger partial charge in [-0.2, -0.15) is 5.10 Å². The molecule has 1 amide bonds. The highest BCUT2D eigenvalue weighted by Crippen LogP contribution is 2.35. The van der Waals surface area contributed by atoms with Crippen molar-refractivity contribution in [1.82, 2.24) is 19.7 Å². The molecule has 10 nitrogen and oxygen atoms in total. The van der Waals surface area contributed by atoms with Gasteiger partial charge < -0.3 is 15.5 Å². The van der Waals surface area contributed by atoms with Crippen LogP contribution in [0.1, 0.15) is 6.92 Å². The normalized spacial score (nSPS) is 11.4. The molecule has 0 spiro atoms. The van der Waals surface area contributed by atoms with Gasteiger partial charge in [-0.05, 0) is 43.3 Å². The highest BCUT2D eigenvalue weighted by Gasteiger charge is 2.21. The zero-order chi connectivity index (χ0) is 27.4. The van der Waals surface area contributed by atoms with Gasteiger partial charge in [0, 0.05) is 62.1 Å². The molecule has 2 aromatic heterocycles. The monoisotopic (exact) mass is 537 g/mol. The summed E-state index contributed by atoms with van der Waals surface area (Å²) in [6.07, 6.45) is 4.98. The molecule has 198 valence electrons. The number of aryl methyl sites for hydroxylation is 1. The molecule has 0 saturated heterocycles. The number of nitrogen functional groups attached to an aromatic ring is 1. The van der Waals surface area contributed by atoms with Crippen molar-refractivity contribution in [2.75, 3.05) is 41.9 Å². The standard InChI is InChI=1S/C26H28FN7O3S/c1-4-34-16-21(25(31-34)22-12-13-29-26(28)30-22)20-6-5-7-23(24(20)27)33(17-35)15-14-32(2)18-8-10-19(11-9-18)38(3,36)37/h5-13,16-17H,4,14-15H2,1-3H3,(H2,28,29,30). The Hall–Kier alpha value is -4.32. The van der Waals surface area contributed by atoms with E-state index in [1.165, 1.54) is 23.2 Å². The van der Waals surface area contributed by atoms with E-state index in [0.29, 0.717) is 36.5 Å². The zero-order valence-electron chi connectivity index (χ0n) is 21.2. The van der Waals surface area contributed by atoms with E-state index in [-0.39, 0.29) is 28.6 Å². The van der Waals surface area contributed by atoms with Crippen molar-refractivity contribution in [2.24, 2.45) is 0 Å². The molecule has 0 radical (unpaired) electrons. The van der Waals surface area contributed by atoms with E-state index < -0.39 is 15.7 Å². The third kappa shape index (κ3) is 5.65. The Morgan fingerprint density at radius 3 is 2.45 bits per heavy atom. The van der Waals surface area contributed by atoms with Gasteiger partial charge in [0.1, 0.15) is 5.69 Å². The summed E-state index contributed by atoms with van der Waals surface area (Å²) >= 11 is 0. The van der Waals surface area contributed by atoms with Crippen LogP contribution >= 0.6 is 0 Å². The van der Waals surface area contributed by atoms with Gasteiger partial charge in [0.05, 0.1) is 16.3 Å². The van der Waals surface area contributed by atoms with Crippen molar-refractivity contribution in [3.63, 3.8) is 0 Å². The molecule has 4 rings (SSSR count). The van der Waals surface area contributed by atoms with E-state index in [1.807, 2.05) is 18.9 Å². The number of halogens is 1. The van der Waals surface area contributed by atoms with E-state index in [2.05, 4.69) is 15.1 Å². The second kappa shape index (κ2) is 11.0. The minimum Gasteiger partial charge on any atom is -0.373 e. The van der Waals surface area contributed by atoms with Crippen LogP contribution in [-0.4, -0.2) is 61.0 Å². The Morgan fingerprint density at radius 2 is 1.82 bits per heavy atom. The summed E-state index contributed by atoms with van der Waals surface area (Å²) in [4.78, 5) is 23.5. The number of amides is 1. The summed E-state index contributed by atoms with van der Waals surface area (Å²) in [6, 6.07) is 12.9. The Morgan fingerprint density at radius 1 is 1.08 bits per heavy atom. The van der Waals surface area contributed by atoms with Gasteiger partial charge in [-0.3, -0.25) is 9.48 Å². The van der Waals surface area contributed by atoms with Gasteiger partial charge in [0.2, 0.25) is 12.4 Å². The lowest BCUT2D eigenvalue weighted by molar-refractivity contribution is -0.107. The molecule has 0 aliphatic heterocycles. The summed E-state index contributed by atoms with van der Waals surface area (Å²) in [5.41, 5.74) is 8.33. The summed E-state index contributed by atoms with van der Waals surface area (Å²) in [5.74, 6) is -0.491. The lowest BCUT2D eigenvalue weighted by Crippen LogP contribution is -2.33. The predicted molar refractivity (Wildman–Crippen MR) is 145 cm³/mol. The van der Waals surface area contributed by atoms with Gasteiger partial charge in [-0.15, -0.1) is 0 Å². The van der Waals surface area contributed by atoms with Crippen molar-refractivity contribution >= 4 is 33.6 Å². The SMILES string of the molecule is CCn1cc(-c2cccc(N(C=O)CCN(C)c3ccc(S(C)(=O)=O)cc3)c2F)c(-c2ccnc(N)n2)n1. The molecule has 12 heteroatoms. The molecule has 2 heterocycles. The van der Waals surface area contributed by atoms with Gasteiger partial charge in [0.25, 0.3) is 0 Å². The first kappa shape index (κ1) is 26.7. The smallest absolute Gasteiger partial charge is 0.220 e. The number of nitrogens with zero attached hydrogens (tertiary/aromatic N) is 6. The van der Waals surface area contributed by atoms with E-state index in [0.717, 1.165) is 11.9 Å². The summed E-state index contributed by atoms with van der Waals surface area (Å²) in [6.45, 7) is 3.05. The molecule has 38 heavy (non-hydrogen) atoms. The summed E-state index contributed by atoms with van der Waals surface area (Å²) in [7, 11) is -1.49. The number of carbonyl (C=O) groups is 1. The van der Waals surface area contributed by atoms with Crippen LogP contribution < -0.4 is 15.5 Å². The van der Waals surface area contributed by atoms with Crippen LogP contribution in [-0.2, 0) is 21.2 Å². The maximum atomic E-state index is 15.9. The van der Waals surface area contributed by atoms with E-state index >= 15 is 4.39 Å². The topological polar surface area (TPSA) is 127 Å². The van der Waals surface area contributed by atoms with Crippen molar-refractivity contribution in [3.05, 3.63) is 66.7 Å². The van der Waals surface area contributed by atoms with Crippen molar-refractivity contribution in [2.45, 2.75) is 18.4 Å². The Bertz CT molecular complexity index is 1560. The van der Waals surface area contributed by atoms with Crippen LogP contribution in [0.4, 0.5) is 21.7 Å². The molecule has 0 unspecified atom stereocenters. The minimum atomic E-state index is -3.30. The number of benzene rings is 2. The Labute approximate surface area is 220 Å². The average molecular weight is 538 g/mol. The number of sulfone groups is 1. The molecule has 0 aliphatic carbocycles. The highest BCUT2D eigenvalue weighted by atomic mass is 32.2. The fraction of sp³-hybridized carbons (Fsp3) is 0.231. The maximum Gasteiger partial charge on any atom is 0.220 e. The number of hydrogen-bond acceptors (Lipinski definition) is 8. The molecule has 0 aliphatic rings. The first-order valence-corrected chi connectivity index (χ1v) is 13.7. The molecule has 2 N–H and O–H groups in total. The molecule has 0 atom stereocenters. The van der Waals surface area contributed by atoms with Crippen LogP contribution in [0.15, 0.2) is 65.8 Å². The predicted octanol–water partition coefficient (Wildman–Crippen LogP) is 3.25. The lowest BCUT2D eigenvalue weighted by Gasteiger charge is -2.25. The van der Waals surface area contributed by atoms with Crippen molar-refractivity contribution in [1.29, 1.82) is 0 Å². The second-order valence-electron chi connectivity index (χ2n) is 8.67. The largest absolute Gasteiger partial charge is 0.373 e. The third-order valence-corrected chi connectivity index (χ3v) is 7.22. The lowest BCUT2D eigenvalue weighted by atomic mass is 10.0. The van der Waals surface area contributed by atoms with Gasteiger partial charge in [-0.1, -0.05) is 12.1 Å². The average Bonchev–Trinajstić information content (AvgIpc) is 3.33. The van der Waals surface area contributed by atoms with Crippen LogP contribution in [0, 0.1) is 5.82 Å². The second-order valence-corrected chi connectivity index (χ2v) is 10.7. The Balaban J connectivity index is 1.61. The molecular weight excluding hydrogens is 509 g/mol. The fourth-order valence-electron chi connectivity index (χ4n) is 3.99. The number of anilines is 3. The van der Waals surface area contributed by atoms with Crippen LogP contribution in [0.5, 0.6) is 0 Å². The van der Waals surface area contributed by atoms with Crippen LogP contribution in [0.25, 0.3) is 22.5 Å².